The van der Waals surface area contributed by atoms with Gasteiger partial charge < -0.3 is 20.1 Å². The van der Waals surface area contributed by atoms with Crippen LogP contribution in [0.1, 0.15) is 0 Å². The second-order valence-electron chi connectivity index (χ2n) is 3.85. The van der Waals surface area contributed by atoms with E-state index in [9.17, 15) is 27.0 Å². The van der Waals surface area contributed by atoms with Gasteiger partial charge in [-0.2, -0.15) is 21.6 Å². The molecule has 0 aromatic heterocycles. The Morgan fingerprint density at radius 2 is 1.70 bits per heavy atom. The van der Waals surface area contributed by atoms with Crippen molar-refractivity contribution in [3.63, 3.8) is 0 Å². The second-order valence-corrected chi connectivity index (χ2v) is 6.08. The van der Waals surface area contributed by atoms with Gasteiger partial charge in [0.05, 0.1) is 6.61 Å². The molecule has 0 spiro atoms. The first-order valence-corrected chi connectivity index (χ1v) is 7.78. The lowest BCUT2D eigenvalue weighted by Gasteiger charge is -2.40. The fourth-order valence-electron chi connectivity index (χ4n) is 1.64. The van der Waals surface area contributed by atoms with Crippen LogP contribution in [0.15, 0.2) is 0 Å². The van der Waals surface area contributed by atoms with Gasteiger partial charge in [0.25, 0.3) is 0 Å². The molecule has 0 radical (unpaired) electrons. The predicted octanol–water partition coefficient (Wildman–Crippen LogP) is -3.99. The minimum Gasteiger partial charge on any atom is -0.394 e. The Morgan fingerprint density at radius 1 is 1.15 bits per heavy atom. The van der Waals surface area contributed by atoms with E-state index in [-0.39, 0.29) is 0 Å². The average molecular weight is 339 g/mol. The number of hydrogen-bond acceptors (Lipinski definition) is 9. The van der Waals surface area contributed by atoms with Crippen LogP contribution >= 0.6 is 0 Å². The minimum atomic E-state index is -5.12. The molecule has 0 aliphatic carbocycles. The summed E-state index contributed by atoms with van der Waals surface area (Å²) in [5.41, 5.74) is 0. The van der Waals surface area contributed by atoms with Crippen molar-refractivity contribution in [2.75, 3.05) is 6.61 Å². The van der Waals surface area contributed by atoms with Gasteiger partial charge in [-0.25, -0.2) is 4.18 Å². The van der Waals surface area contributed by atoms with E-state index in [1.807, 2.05) is 0 Å². The van der Waals surface area contributed by atoms with E-state index in [1.54, 1.807) is 0 Å². The first-order chi connectivity index (χ1) is 8.94. The molecule has 20 heavy (non-hydrogen) atoms. The van der Waals surface area contributed by atoms with E-state index < -0.39 is 58.0 Å². The third-order valence-corrected chi connectivity index (χ3v) is 3.43. The molecule has 1 heterocycles. The quantitative estimate of drug-likeness (QED) is 0.267. The van der Waals surface area contributed by atoms with E-state index >= 15 is 0 Å². The Bertz CT molecular complexity index is 529. The molecule has 1 aliphatic heterocycles. The molecule has 1 saturated heterocycles. The van der Waals surface area contributed by atoms with E-state index in [4.69, 9.17) is 14.2 Å². The largest absolute Gasteiger partial charge is 0.397 e. The van der Waals surface area contributed by atoms with Crippen molar-refractivity contribution >= 4 is 20.7 Å². The normalized spacial score (nSPS) is 36.0. The standard InChI is InChI=1S/C6H13NO11S2/c8-1-2-4(9)5(18-20(14,15)16)3(6(10)17-2)7-19(11,12)13/h2-10H,1H2,(H,11,12,13)(H,14,15,16). The Morgan fingerprint density at radius 3 is 2.10 bits per heavy atom. The van der Waals surface area contributed by atoms with Crippen LogP contribution < -0.4 is 4.72 Å². The van der Waals surface area contributed by atoms with Gasteiger partial charge in [-0.1, -0.05) is 0 Å². The van der Waals surface area contributed by atoms with Gasteiger partial charge in [0.1, 0.15) is 24.4 Å². The maximum absolute atomic E-state index is 10.7. The first-order valence-electron chi connectivity index (χ1n) is 4.97. The molecule has 5 atom stereocenters. The number of nitrogens with one attached hydrogen (secondary N) is 1. The van der Waals surface area contributed by atoms with E-state index in [2.05, 4.69) is 8.92 Å². The summed E-state index contributed by atoms with van der Waals surface area (Å²) < 4.78 is 69.9. The van der Waals surface area contributed by atoms with Gasteiger partial charge in [-0.15, -0.1) is 0 Å². The molecule has 14 heteroatoms. The van der Waals surface area contributed by atoms with Gasteiger partial charge in [-0.3, -0.25) is 9.11 Å². The zero-order valence-electron chi connectivity index (χ0n) is 9.60. The van der Waals surface area contributed by atoms with Crippen molar-refractivity contribution in [1.29, 1.82) is 0 Å². The molecular formula is C6H13NO11S2. The van der Waals surface area contributed by atoms with Crippen molar-refractivity contribution in [3.8, 4) is 0 Å². The lowest BCUT2D eigenvalue weighted by Crippen LogP contribution is -2.65. The van der Waals surface area contributed by atoms with Crippen LogP contribution in [0.4, 0.5) is 0 Å². The third kappa shape index (κ3) is 4.85. The van der Waals surface area contributed by atoms with Gasteiger partial charge in [-0.05, 0) is 0 Å². The number of aliphatic hydroxyl groups is 3. The Kier molecular flexibility index (Phi) is 5.41. The summed E-state index contributed by atoms with van der Waals surface area (Å²) >= 11 is 0. The molecule has 5 unspecified atom stereocenters. The van der Waals surface area contributed by atoms with E-state index in [1.165, 1.54) is 4.72 Å². The fraction of sp³-hybridized carbons (Fsp3) is 1.00. The van der Waals surface area contributed by atoms with Crippen LogP contribution in [0.5, 0.6) is 0 Å². The maximum atomic E-state index is 10.7. The molecule has 0 aromatic carbocycles. The number of hydrogen-bond donors (Lipinski definition) is 6. The number of aliphatic hydroxyl groups excluding tert-OH is 3. The van der Waals surface area contributed by atoms with Crippen molar-refractivity contribution in [2.24, 2.45) is 0 Å². The summed E-state index contributed by atoms with van der Waals surface area (Å²) in [6, 6.07) is -1.95. The van der Waals surface area contributed by atoms with Crippen LogP contribution in [0.2, 0.25) is 0 Å². The Balaban J connectivity index is 3.09. The molecule has 6 N–H and O–H groups in total. The summed E-state index contributed by atoms with van der Waals surface area (Å²) in [5, 5.41) is 28.0. The summed E-state index contributed by atoms with van der Waals surface area (Å²) in [5.74, 6) is 0. The molecule has 12 nitrogen and oxygen atoms in total. The van der Waals surface area contributed by atoms with Crippen molar-refractivity contribution < 1.29 is 50.2 Å². The lowest BCUT2D eigenvalue weighted by atomic mass is 9.98. The summed E-state index contributed by atoms with van der Waals surface area (Å²) in [4.78, 5) is 0. The van der Waals surface area contributed by atoms with Crippen LogP contribution in [0, 0.1) is 0 Å². The SMILES string of the molecule is O=S(=O)(O)NC1C(O)OC(CO)C(O)C1OS(=O)(=O)O. The Labute approximate surface area is 113 Å². The second kappa shape index (κ2) is 6.14. The molecular weight excluding hydrogens is 326 g/mol. The van der Waals surface area contributed by atoms with Crippen molar-refractivity contribution in [2.45, 2.75) is 30.6 Å². The van der Waals surface area contributed by atoms with Crippen LogP contribution in [-0.2, 0) is 29.6 Å². The van der Waals surface area contributed by atoms with Gasteiger partial charge >= 0.3 is 20.7 Å². The summed E-state index contributed by atoms with van der Waals surface area (Å²) in [6.07, 6.45) is -7.54. The number of ether oxygens (including phenoxy) is 1. The molecule has 0 saturated carbocycles. The van der Waals surface area contributed by atoms with Crippen LogP contribution in [-0.4, -0.2) is 78.5 Å². The summed E-state index contributed by atoms with van der Waals surface area (Å²) in [7, 11) is -10.0. The highest BCUT2D eigenvalue weighted by Gasteiger charge is 2.48. The number of rotatable bonds is 5. The van der Waals surface area contributed by atoms with Crippen LogP contribution in [0.25, 0.3) is 0 Å². The molecule has 0 aromatic rings. The third-order valence-electron chi connectivity index (χ3n) is 2.39. The molecule has 120 valence electrons. The highest BCUT2D eigenvalue weighted by atomic mass is 32.3. The first kappa shape index (κ1) is 17.6. The summed E-state index contributed by atoms with van der Waals surface area (Å²) in [6.45, 7) is -0.859. The van der Waals surface area contributed by atoms with Crippen LogP contribution in [0.3, 0.4) is 0 Å². The topological polar surface area (TPSA) is 200 Å². The van der Waals surface area contributed by atoms with E-state index in [0.717, 1.165) is 0 Å². The molecule has 0 amide bonds. The van der Waals surface area contributed by atoms with Crippen molar-refractivity contribution in [1.82, 2.24) is 4.72 Å². The zero-order chi connectivity index (χ0) is 15.7. The molecule has 1 aliphatic rings. The predicted molar refractivity (Wildman–Crippen MR) is 58.9 cm³/mol. The fourth-order valence-corrected chi connectivity index (χ4v) is 2.74. The molecule has 0 bridgehead atoms. The van der Waals surface area contributed by atoms with Gasteiger partial charge in [0, 0.05) is 0 Å². The average Bonchev–Trinajstić information content (AvgIpc) is 2.25. The molecule has 1 rings (SSSR count). The van der Waals surface area contributed by atoms with Gasteiger partial charge in [0.2, 0.25) is 0 Å². The van der Waals surface area contributed by atoms with Gasteiger partial charge in [0.15, 0.2) is 6.29 Å². The van der Waals surface area contributed by atoms with E-state index in [0.29, 0.717) is 0 Å². The monoisotopic (exact) mass is 339 g/mol. The van der Waals surface area contributed by atoms with Crippen molar-refractivity contribution in [3.05, 3.63) is 0 Å². The minimum absolute atomic E-state index is 0.859. The smallest absolute Gasteiger partial charge is 0.394 e. The zero-order valence-corrected chi connectivity index (χ0v) is 11.2. The Hall–Kier alpha value is -0.420. The highest BCUT2D eigenvalue weighted by Crippen LogP contribution is 2.24. The lowest BCUT2D eigenvalue weighted by molar-refractivity contribution is -0.247. The highest BCUT2D eigenvalue weighted by molar-refractivity contribution is 7.83. The molecule has 1 fully saturated rings. The maximum Gasteiger partial charge on any atom is 0.397 e.